The standard InChI is InChI=1S/C11H13N3O4S/c1-8-13-11(18-14-8)7-12-19(15,16)10-5-3-9(17-2)4-6-10/h3-6,12H,7H2,1-2H3. The highest BCUT2D eigenvalue weighted by molar-refractivity contribution is 7.89. The van der Waals surface area contributed by atoms with Crippen molar-refractivity contribution >= 4 is 10.0 Å². The fourth-order valence-corrected chi connectivity index (χ4v) is 2.38. The Kier molecular flexibility index (Phi) is 3.82. The maximum atomic E-state index is 12.0. The maximum Gasteiger partial charge on any atom is 0.241 e. The van der Waals surface area contributed by atoms with Crippen molar-refractivity contribution in [1.82, 2.24) is 14.9 Å². The monoisotopic (exact) mass is 283 g/mol. The molecule has 0 saturated carbocycles. The summed E-state index contributed by atoms with van der Waals surface area (Å²) in [6.45, 7) is 1.61. The SMILES string of the molecule is COc1ccc(S(=O)(=O)NCc2nc(C)no2)cc1. The van der Waals surface area contributed by atoms with Crippen molar-refractivity contribution in [2.24, 2.45) is 0 Å². The minimum atomic E-state index is -3.61. The lowest BCUT2D eigenvalue weighted by atomic mass is 10.3. The van der Waals surface area contributed by atoms with E-state index >= 15 is 0 Å². The second-order valence-corrected chi connectivity index (χ2v) is 5.50. The molecule has 0 atom stereocenters. The highest BCUT2D eigenvalue weighted by Gasteiger charge is 2.15. The minimum Gasteiger partial charge on any atom is -0.497 e. The number of methoxy groups -OCH3 is 1. The van der Waals surface area contributed by atoms with Crippen LogP contribution in [0.2, 0.25) is 0 Å². The topological polar surface area (TPSA) is 94.3 Å². The molecule has 1 aromatic heterocycles. The summed E-state index contributed by atoms with van der Waals surface area (Å²) in [6.07, 6.45) is 0. The van der Waals surface area contributed by atoms with E-state index in [9.17, 15) is 8.42 Å². The number of hydrogen-bond donors (Lipinski definition) is 1. The molecule has 7 nitrogen and oxygen atoms in total. The third kappa shape index (κ3) is 3.30. The Balaban J connectivity index is 2.09. The van der Waals surface area contributed by atoms with Crippen molar-refractivity contribution in [2.75, 3.05) is 7.11 Å². The Morgan fingerprint density at radius 3 is 2.53 bits per heavy atom. The molecule has 19 heavy (non-hydrogen) atoms. The lowest BCUT2D eigenvalue weighted by Crippen LogP contribution is -2.23. The summed E-state index contributed by atoms with van der Waals surface area (Å²) in [5, 5.41) is 3.58. The molecule has 2 rings (SSSR count). The van der Waals surface area contributed by atoms with Crippen molar-refractivity contribution in [3.05, 3.63) is 36.0 Å². The summed E-state index contributed by atoms with van der Waals surface area (Å²) in [4.78, 5) is 4.05. The number of nitrogens with one attached hydrogen (secondary N) is 1. The van der Waals surface area contributed by atoms with E-state index in [2.05, 4.69) is 14.9 Å². The van der Waals surface area contributed by atoms with Crippen molar-refractivity contribution in [3.63, 3.8) is 0 Å². The molecule has 8 heteroatoms. The van der Waals surface area contributed by atoms with E-state index in [-0.39, 0.29) is 17.3 Å². The zero-order valence-corrected chi connectivity index (χ0v) is 11.3. The molecule has 0 aliphatic carbocycles. The maximum absolute atomic E-state index is 12.0. The fraction of sp³-hybridized carbons (Fsp3) is 0.273. The van der Waals surface area contributed by atoms with Crippen LogP contribution in [0, 0.1) is 6.92 Å². The van der Waals surface area contributed by atoms with Crippen LogP contribution in [0.4, 0.5) is 0 Å². The van der Waals surface area contributed by atoms with Gasteiger partial charge < -0.3 is 9.26 Å². The van der Waals surface area contributed by atoms with Crippen molar-refractivity contribution < 1.29 is 17.7 Å². The first-order chi connectivity index (χ1) is 9.01. The van der Waals surface area contributed by atoms with Gasteiger partial charge in [-0.2, -0.15) is 4.98 Å². The Labute approximate surface area is 110 Å². The Bertz CT molecular complexity index is 649. The van der Waals surface area contributed by atoms with Gasteiger partial charge in [-0.25, -0.2) is 13.1 Å². The van der Waals surface area contributed by atoms with E-state index in [1.54, 1.807) is 19.1 Å². The number of aryl methyl sites for hydroxylation is 1. The number of hydrogen-bond acceptors (Lipinski definition) is 6. The van der Waals surface area contributed by atoms with E-state index in [0.717, 1.165) is 0 Å². The minimum absolute atomic E-state index is 0.0464. The molecule has 102 valence electrons. The lowest BCUT2D eigenvalue weighted by Gasteiger charge is -2.05. The van der Waals surface area contributed by atoms with Crippen LogP contribution in [0.1, 0.15) is 11.7 Å². The van der Waals surface area contributed by atoms with Crippen LogP contribution in [0.25, 0.3) is 0 Å². The van der Waals surface area contributed by atoms with Crippen LogP contribution < -0.4 is 9.46 Å². The smallest absolute Gasteiger partial charge is 0.241 e. The molecule has 0 amide bonds. The van der Waals surface area contributed by atoms with Gasteiger partial charge in [0.05, 0.1) is 18.6 Å². The Morgan fingerprint density at radius 1 is 1.32 bits per heavy atom. The molecule has 0 aliphatic rings. The van der Waals surface area contributed by atoms with Gasteiger partial charge in [-0.05, 0) is 31.2 Å². The van der Waals surface area contributed by atoms with Gasteiger partial charge in [0.1, 0.15) is 5.75 Å². The van der Waals surface area contributed by atoms with Crippen molar-refractivity contribution in [3.8, 4) is 5.75 Å². The number of nitrogens with zero attached hydrogens (tertiary/aromatic N) is 2. The highest BCUT2D eigenvalue weighted by Crippen LogP contribution is 2.15. The lowest BCUT2D eigenvalue weighted by molar-refractivity contribution is 0.372. The van der Waals surface area contributed by atoms with Gasteiger partial charge in [-0.3, -0.25) is 0 Å². The first-order valence-electron chi connectivity index (χ1n) is 5.44. The van der Waals surface area contributed by atoms with Gasteiger partial charge in [0, 0.05) is 0 Å². The highest BCUT2D eigenvalue weighted by atomic mass is 32.2. The average molecular weight is 283 g/mol. The molecular weight excluding hydrogens is 270 g/mol. The van der Waals surface area contributed by atoms with E-state index < -0.39 is 10.0 Å². The summed E-state index contributed by atoms with van der Waals surface area (Å²) in [5.41, 5.74) is 0. The summed E-state index contributed by atoms with van der Waals surface area (Å²) in [6, 6.07) is 6.07. The van der Waals surface area contributed by atoms with Crippen LogP contribution in [-0.2, 0) is 16.6 Å². The second-order valence-electron chi connectivity index (χ2n) is 3.74. The fourth-order valence-electron chi connectivity index (χ4n) is 1.41. The average Bonchev–Trinajstić information content (AvgIpc) is 2.82. The summed E-state index contributed by atoms with van der Waals surface area (Å²) in [7, 11) is -2.09. The normalized spacial score (nSPS) is 11.5. The van der Waals surface area contributed by atoms with Crippen LogP contribution in [0.5, 0.6) is 5.75 Å². The Morgan fingerprint density at radius 2 is 2.00 bits per heavy atom. The summed E-state index contributed by atoms with van der Waals surface area (Å²) < 4.78 is 36.1. The molecule has 0 fully saturated rings. The van der Waals surface area contributed by atoms with Gasteiger partial charge >= 0.3 is 0 Å². The first kappa shape index (κ1) is 13.5. The second kappa shape index (κ2) is 5.37. The molecule has 0 saturated heterocycles. The first-order valence-corrected chi connectivity index (χ1v) is 6.92. The van der Waals surface area contributed by atoms with Crippen molar-refractivity contribution in [2.45, 2.75) is 18.4 Å². The van der Waals surface area contributed by atoms with Gasteiger partial charge in [0.2, 0.25) is 15.9 Å². The molecule has 0 spiro atoms. The van der Waals surface area contributed by atoms with Gasteiger partial charge in [0.25, 0.3) is 0 Å². The summed E-state index contributed by atoms with van der Waals surface area (Å²) in [5.74, 6) is 1.26. The number of sulfonamides is 1. The summed E-state index contributed by atoms with van der Waals surface area (Å²) >= 11 is 0. The van der Waals surface area contributed by atoms with Gasteiger partial charge in [0.15, 0.2) is 5.82 Å². The number of benzene rings is 1. The number of rotatable bonds is 5. The predicted molar refractivity (Wildman–Crippen MR) is 66.1 cm³/mol. The quantitative estimate of drug-likeness (QED) is 0.874. The predicted octanol–water partition coefficient (Wildman–Crippen LogP) is 0.865. The molecule has 1 aromatic carbocycles. The Hall–Kier alpha value is -1.93. The molecule has 0 aliphatic heterocycles. The molecule has 0 unspecified atom stereocenters. The zero-order valence-electron chi connectivity index (χ0n) is 10.5. The largest absolute Gasteiger partial charge is 0.497 e. The molecule has 2 aromatic rings. The van der Waals surface area contributed by atoms with E-state index in [0.29, 0.717) is 11.6 Å². The zero-order chi connectivity index (χ0) is 13.9. The molecule has 1 heterocycles. The van der Waals surface area contributed by atoms with Crippen LogP contribution in [-0.4, -0.2) is 25.7 Å². The third-order valence-corrected chi connectivity index (χ3v) is 3.77. The van der Waals surface area contributed by atoms with E-state index in [1.807, 2.05) is 0 Å². The molecular formula is C11H13N3O4S. The molecule has 0 radical (unpaired) electrons. The van der Waals surface area contributed by atoms with Gasteiger partial charge in [-0.15, -0.1) is 0 Å². The van der Waals surface area contributed by atoms with E-state index in [1.165, 1.54) is 19.2 Å². The van der Waals surface area contributed by atoms with Crippen LogP contribution >= 0.6 is 0 Å². The number of aromatic nitrogens is 2. The van der Waals surface area contributed by atoms with Gasteiger partial charge in [-0.1, -0.05) is 5.16 Å². The number of ether oxygens (including phenoxy) is 1. The van der Waals surface area contributed by atoms with Crippen LogP contribution in [0.15, 0.2) is 33.7 Å². The molecule has 1 N–H and O–H groups in total. The third-order valence-electron chi connectivity index (χ3n) is 2.35. The van der Waals surface area contributed by atoms with Crippen LogP contribution in [0.3, 0.4) is 0 Å². The molecule has 0 bridgehead atoms. The van der Waals surface area contributed by atoms with Crippen molar-refractivity contribution in [1.29, 1.82) is 0 Å². The van der Waals surface area contributed by atoms with E-state index in [4.69, 9.17) is 9.26 Å².